The van der Waals surface area contributed by atoms with Crippen LogP contribution in [-0.2, 0) is 6.42 Å². The van der Waals surface area contributed by atoms with Crippen LogP contribution < -0.4 is 39.4 Å². The molecule has 0 bridgehead atoms. The van der Waals surface area contributed by atoms with Crippen molar-refractivity contribution >= 4 is 11.3 Å². The number of allylic oxidation sites excluding steroid dienone is 1. The van der Waals surface area contributed by atoms with Gasteiger partial charge in [0.15, 0.2) is 0 Å². The van der Waals surface area contributed by atoms with Gasteiger partial charge in [-0.1, -0.05) is 48.2 Å². The van der Waals surface area contributed by atoms with Crippen molar-refractivity contribution in [3.63, 3.8) is 0 Å². The summed E-state index contributed by atoms with van der Waals surface area (Å²) >= 11 is 0. The first-order chi connectivity index (χ1) is 9.31. The maximum Gasteiger partial charge on any atom is 1.00 e. The van der Waals surface area contributed by atoms with Gasteiger partial charge < -0.3 is 9.84 Å². The molecule has 20 heavy (non-hydrogen) atoms. The van der Waals surface area contributed by atoms with Crippen LogP contribution in [0.5, 0.6) is 5.75 Å². The summed E-state index contributed by atoms with van der Waals surface area (Å²) in [6, 6.07) is 15.6. The fraction of sp³-hybridized carbons (Fsp3) is 0.176. The second kappa shape index (κ2) is 6.49. The van der Waals surface area contributed by atoms with Gasteiger partial charge in [-0.25, -0.2) is 0 Å². The van der Waals surface area contributed by atoms with Crippen LogP contribution in [0.2, 0.25) is 0 Å². The van der Waals surface area contributed by atoms with Crippen LogP contribution in [0, 0.1) is 0 Å². The Balaban J connectivity index is 0.00000147. The number of methoxy groups -OCH3 is 1. The maximum absolute atomic E-state index is 12.6. The third-order valence-corrected chi connectivity index (χ3v) is 3.61. The first kappa shape index (κ1) is 15.2. The van der Waals surface area contributed by atoms with Gasteiger partial charge in [-0.05, 0) is 35.6 Å². The van der Waals surface area contributed by atoms with Crippen LogP contribution in [-0.4, -0.2) is 7.11 Å². The monoisotopic (exact) mass is 274 g/mol. The summed E-state index contributed by atoms with van der Waals surface area (Å²) in [6.07, 6.45) is 1.69. The van der Waals surface area contributed by atoms with Gasteiger partial charge in [0.25, 0.3) is 0 Å². The van der Waals surface area contributed by atoms with E-state index in [1.165, 1.54) is 0 Å². The number of benzene rings is 2. The second-order valence-electron chi connectivity index (χ2n) is 4.67. The van der Waals surface area contributed by atoms with Gasteiger partial charge in [-0.2, -0.15) is 0 Å². The molecule has 0 heterocycles. The Morgan fingerprint density at radius 3 is 2.30 bits per heavy atom. The minimum Gasteiger partial charge on any atom is -0.872 e. The van der Waals surface area contributed by atoms with Gasteiger partial charge in [0.05, 0.1) is 7.11 Å². The standard InChI is InChI=1S/C17H16O2.Na/c1-19-16-9-5-4-8-14(16)15-11-10-12-6-2-3-7-13(12)17(15)18;/h2-9,18H,10-11H2,1H3;/q;+1/p-1. The summed E-state index contributed by atoms with van der Waals surface area (Å²) in [5.41, 5.74) is 3.75. The van der Waals surface area contributed by atoms with Gasteiger partial charge in [0.2, 0.25) is 0 Å². The SMILES string of the molecule is COc1ccccc1C1=C([O-])c2ccccc2CC1.[Na+]. The van der Waals surface area contributed by atoms with Crippen molar-refractivity contribution in [2.75, 3.05) is 7.11 Å². The molecule has 0 spiro atoms. The molecule has 1 aliphatic rings. The topological polar surface area (TPSA) is 32.3 Å². The predicted octanol–water partition coefficient (Wildman–Crippen LogP) is -0.126. The van der Waals surface area contributed by atoms with E-state index in [-0.39, 0.29) is 35.3 Å². The summed E-state index contributed by atoms with van der Waals surface area (Å²) in [5.74, 6) is 0.900. The maximum atomic E-state index is 12.6. The number of hydrogen-bond donors (Lipinski definition) is 0. The molecule has 0 saturated carbocycles. The van der Waals surface area contributed by atoms with Crippen molar-refractivity contribution in [1.82, 2.24) is 0 Å². The summed E-state index contributed by atoms with van der Waals surface area (Å²) in [4.78, 5) is 0. The number of para-hydroxylation sites is 1. The van der Waals surface area contributed by atoms with Crippen molar-refractivity contribution in [3.8, 4) is 5.75 Å². The molecule has 0 N–H and O–H groups in total. The van der Waals surface area contributed by atoms with Crippen LogP contribution in [0.15, 0.2) is 48.5 Å². The molecule has 0 unspecified atom stereocenters. The Hall–Kier alpha value is -1.22. The second-order valence-corrected chi connectivity index (χ2v) is 4.67. The molecule has 3 heteroatoms. The Kier molecular flexibility index (Phi) is 4.92. The number of rotatable bonds is 2. The van der Waals surface area contributed by atoms with E-state index < -0.39 is 0 Å². The molecule has 2 aromatic carbocycles. The van der Waals surface area contributed by atoms with Crippen molar-refractivity contribution in [1.29, 1.82) is 0 Å². The number of hydrogen-bond acceptors (Lipinski definition) is 2. The molecular formula is C17H15NaO2. The number of fused-ring (bicyclic) bond motifs is 1. The van der Waals surface area contributed by atoms with Gasteiger partial charge in [0, 0.05) is 5.56 Å². The molecule has 3 rings (SSSR count). The molecule has 2 nitrogen and oxygen atoms in total. The zero-order valence-electron chi connectivity index (χ0n) is 11.8. The van der Waals surface area contributed by atoms with Crippen molar-refractivity contribution in [3.05, 3.63) is 65.2 Å². The zero-order chi connectivity index (χ0) is 13.2. The summed E-state index contributed by atoms with van der Waals surface area (Å²) in [5, 5.41) is 12.6. The Morgan fingerprint density at radius 1 is 0.900 bits per heavy atom. The molecule has 0 aromatic heterocycles. The van der Waals surface area contributed by atoms with Crippen LogP contribution in [0.1, 0.15) is 23.1 Å². The first-order valence-corrected chi connectivity index (χ1v) is 6.43. The molecular weight excluding hydrogens is 259 g/mol. The van der Waals surface area contributed by atoms with Crippen LogP contribution in [0.3, 0.4) is 0 Å². The van der Waals surface area contributed by atoms with Crippen LogP contribution >= 0.6 is 0 Å². The Labute approximate surface area is 141 Å². The quantitative estimate of drug-likeness (QED) is 0.715. The van der Waals surface area contributed by atoms with Crippen molar-refractivity contribution < 1.29 is 39.4 Å². The third-order valence-electron chi connectivity index (χ3n) is 3.61. The predicted molar refractivity (Wildman–Crippen MR) is 74.6 cm³/mol. The molecule has 0 saturated heterocycles. The van der Waals surface area contributed by atoms with E-state index in [1.54, 1.807) is 7.11 Å². The minimum absolute atomic E-state index is 0. The van der Waals surface area contributed by atoms with Gasteiger partial charge in [0.1, 0.15) is 5.75 Å². The van der Waals surface area contributed by atoms with Crippen LogP contribution in [0.4, 0.5) is 0 Å². The number of ether oxygens (including phenoxy) is 1. The van der Waals surface area contributed by atoms with E-state index in [0.717, 1.165) is 40.9 Å². The van der Waals surface area contributed by atoms with Gasteiger partial charge in [-0.3, -0.25) is 0 Å². The Morgan fingerprint density at radius 2 is 1.55 bits per heavy atom. The molecule has 0 radical (unpaired) electrons. The minimum atomic E-state index is 0. The number of aryl methyl sites for hydroxylation is 1. The summed E-state index contributed by atoms with van der Waals surface area (Å²) in [7, 11) is 1.64. The van der Waals surface area contributed by atoms with Crippen molar-refractivity contribution in [2.45, 2.75) is 12.8 Å². The smallest absolute Gasteiger partial charge is 0.872 e. The molecule has 0 amide bonds. The normalized spacial score (nSPS) is 13.4. The summed E-state index contributed by atoms with van der Waals surface area (Å²) in [6.45, 7) is 0. The fourth-order valence-corrected chi connectivity index (χ4v) is 2.65. The molecule has 1 aliphatic carbocycles. The van der Waals surface area contributed by atoms with Crippen molar-refractivity contribution in [2.24, 2.45) is 0 Å². The summed E-state index contributed by atoms with van der Waals surface area (Å²) < 4.78 is 5.36. The average molecular weight is 274 g/mol. The Bertz CT molecular complexity index is 647. The van der Waals surface area contributed by atoms with Gasteiger partial charge >= 0.3 is 29.6 Å². The van der Waals surface area contributed by atoms with E-state index in [1.807, 2.05) is 48.5 Å². The third kappa shape index (κ3) is 2.64. The molecule has 0 atom stereocenters. The van der Waals surface area contributed by atoms with Crippen LogP contribution in [0.25, 0.3) is 11.3 Å². The van der Waals surface area contributed by atoms with Gasteiger partial charge in [-0.15, -0.1) is 0 Å². The average Bonchev–Trinajstić information content (AvgIpc) is 2.48. The molecule has 0 fully saturated rings. The molecule has 0 aliphatic heterocycles. The van der Waals surface area contributed by atoms with E-state index in [2.05, 4.69) is 0 Å². The first-order valence-electron chi connectivity index (χ1n) is 6.43. The fourth-order valence-electron chi connectivity index (χ4n) is 2.65. The van der Waals surface area contributed by atoms with E-state index in [9.17, 15) is 5.11 Å². The van der Waals surface area contributed by atoms with E-state index in [4.69, 9.17) is 4.74 Å². The molecule has 2 aromatic rings. The zero-order valence-corrected chi connectivity index (χ0v) is 13.8. The molecule has 96 valence electrons. The largest absolute Gasteiger partial charge is 1.00 e. The van der Waals surface area contributed by atoms with E-state index >= 15 is 0 Å². The van der Waals surface area contributed by atoms with E-state index in [0.29, 0.717) is 0 Å².